The Morgan fingerprint density at radius 2 is 2.06 bits per heavy atom. The molecule has 1 heterocycles. The van der Waals surface area contributed by atoms with E-state index in [4.69, 9.17) is 0 Å². The molecule has 2 fully saturated rings. The second-order valence-electron chi connectivity index (χ2n) is 4.67. The molecule has 1 saturated heterocycles. The smallest absolute Gasteiger partial charge is 0.151 e. The van der Waals surface area contributed by atoms with Gasteiger partial charge in [0.25, 0.3) is 0 Å². The first-order chi connectivity index (χ1) is 7.75. The minimum absolute atomic E-state index is 0.166. The van der Waals surface area contributed by atoms with Crippen molar-refractivity contribution in [2.75, 3.05) is 0 Å². The Labute approximate surface area is 94.1 Å². The molecule has 1 saturated carbocycles. The van der Waals surface area contributed by atoms with Gasteiger partial charge in [-0.1, -0.05) is 12.1 Å². The molecule has 0 amide bonds. The first-order valence-electron chi connectivity index (χ1n) is 5.78. The van der Waals surface area contributed by atoms with Crippen LogP contribution >= 0.6 is 0 Å². The lowest BCUT2D eigenvalue weighted by Crippen LogP contribution is -2.15. The number of hydrogen-bond acceptors (Lipinski definition) is 2. The number of carbonyl (C=O) groups excluding carboxylic acids is 1. The molecule has 1 aliphatic heterocycles. The highest BCUT2D eigenvalue weighted by atomic mass is 19.1. The zero-order valence-corrected chi connectivity index (χ0v) is 9.03. The van der Waals surface area contributed by atoms with Gasteiger partial charge in [-0.05, 0) is 30.5 Å². The van der Waals surface area contributed by atoms with Gasteiger partial charge in [-0.15, -0.1) is 0 Å². The van der Waals surface area contributed by atoms with Crippen molar-refractivity contribution >= 4 is 5.78 Å². The summed E-state index contributed by atoms with van der Waals surface area (Å²) in [5.74, 6) is 0.182. The first kappa shape index (κ1) is 9.97. The van der Waals surface area contributed by atoms with Gasteiger partial charge in [0.1, 0.15) is 5.82 Å². The molecule has 1 aromatic rings. The number of hydrogen-bond donors (Lipinski definition) is 0. The van der Waals surface area contributed by atoms with Crippen LogP contribution in [-0.4, -0.2) is 22.8 Å². The maximum absolute atomic E-state index is 12.7. The number of fused-ring (bicyclic) bond motifs is 1. The van der Waals surface area contributed by atoms with Gasteiger partial charge < -0.3 is 0 Å². The Kier molecular flexibility index (Phi) is 2.28. The van der Waals surface area contributed by atoms with Crippen LogP contribution in [0.2, 0.25) is 0 Å². The Hall–Kier alpha value is -1.22. The Balaban J connectivity index is 1.68. The fourth-order valence-electron chi connectivity index (χ4n) is 2.70. The average Bonchev–Trinajstić information content (AvgIpc) is 2.97. The minimum atomic E-state index is -0.206. The highest BCUT2D eigenvalue weighted by molar-refractivity contribution is 5.88. The summed E-state index contributed by atoms with van der Waals surface area (Å²) in [7, 11) is 0. The van der Waals surface area contributed by atoms with Crippen LogP contribution in [0.3, 0.4) is 0 Å². The molecule has 1 aromatic carbocycles. The molecule has 0 spiro atoms. The van der Waals surface area contributed by atoms with E-state index in [0.717, 1.165) is 31.4 Å². The van der Waals surface area contributed by atoms with Gasteiger partial charge in [0, 0.05) is 19.0 Å². The lowest BCUT2D eigenvalue weighted by molar-refractivity contribution is -0.119. The van der Waals surface area contributed by atoms with Crippen LogP contribution in [0.1, 0.15) is 24.8 Å². The molecule has 3 atom stereocenters. The largest absolute Gasteiger partial charge is 0.298 e. The number of rotatable bonds is 2. The lowest BCUT2D eigenvalue weighted by Gasteiger charge is -2.02. The van der Waals surface area contributed by atoms with E-state index in [0.29, 0.717) is 11.8 Å². The monoisotopic (exact) mass is 219 g/mol. The fraction of sp³-hybridized carbons (Fsp3) is 0.462. The van der Waals surface area contributed by atoms with Gasteiger partial charge in [-0.2, -0.15) is 0 Å². The van der Waals surface area contributed by atoms with E-state index in [2.05, 4.69) is 4.90 Å². The lowest BCUT2D eigenvalue weighted by atomic mass is 10.00. The maximum Gasteiger partial charge on any atom is 0.151 e. The molecule has 3 heteroatoms. The molecule has 2 aliphatic rings. The van der Waals surface area contributed by atoms with Crippen LogP contribution in [0.4, 0.5) is 4.39 Å². The summed E-state index contributed by atoms with van der Waals surface area (Å²) in [6.45, 7) is 0.779. The Morgan fingerprint density at radius 1 is 1.31 bits per heavy atom. The van der Waals surface area contributed by atoms with Crippen molar-refractivity contribution in [2.24, 2.45) is 0 Å². The van der Waals surface area contributed by atoms with E-state index in [-0.39, 0.29) is 11.9 Å². The zero-order chi connectivity index (χ0) is 11.1. The number of nitrogens with zero attached hydrogens (tertiary/aromatic N) is 1. The third kappa shape index (κ3) is 1.65. The van der Waals surface area contributed by atoms with E-state index in [1.54, 1.807) is 12.1 Å². The standard InChI is InChI=1S/C13H14FNO/c14-10-6-4-9(5-7-10)8-15-11-2-1-3-12(16)13(11)15/h4-7,11,13H,1-3,8H2. The molecular weight excluding hydrogens is 205 g/mol. The zero-order valence-electron chi connectivity index (χ0n) is 9.03. The molecule has 3 unspecified atom stereocenters. The van der Waals surface area contributed by atoms with Crippen LogP contribution in [-0.2, 0) is 11.3 Å². The van der Waals surface area contributed by atoms with Crippen molar-refractivity contribution in [1.82, 2.24) is 4.90 Å². The van der Waals surface area contributed by atoms with Crippen molar-refractivity contribution in [3.8, 4) is 0 Å². The molecular formula is C13H14FNO. The van der Waals surface area contributed by atoms with Gasteiger partial charge in [-0.3, -0.25) is 9.69 Å². The highest BCUT2D eigenvalue weighted by Crippen LogP contribution is 2.39. The van der Waals surface area contributed by atoms with Crippen molar-refractivity contribution in [3.63, 3.8) is 0 Å². The molecule has 1 aliphatic carbocycles. The highest BCUT2D eigenvalue weighted by Gasteiger charge is 2.52. The Bertz CT molecular complexity index is 414. The summed E-state index contributed by atoms with van der Waals surface area (Å²) in [5.41, 5.74) is 1.09. The second-order valence-corrected chi connectivity index (χ2v) is 4.67. The second kappa shape index (κ2) is 3.67. The summed E-state index contributed by atoms with van der Waals surface area (Å²) >= 11 is 0. The molecule has 2 nitrogen and oxygen atoms in total. The Morgan fingerprint density at radius 3 is 2.75 bits per heavy atom. The quantitative estimate of drug-likeness (QED) is 0.710. The number of likely N-dealkylation sites (tertiary alicyclic amines) is 1. The predicted octanol–water partition coefficient (Wildman–Crippen LogP) is 2.13. The summed E-state index contributed by atoms with van der Waals surface area (Å²) in [6.07, 6.45) is 2.90. The van der Waals surface area contributed by atoms with Crippen LogP contribution in [0, 0.1) is 5.82 Å². The summed E-state index contributed by atoms with van der Waals surface area (Å²) in [4.78, 5) is 13.8. The van der Waals surface area contributed by atoms with Gasteiger partial charge in [0.15, 0.2) is 5.78 Å². The number of Topliss-reactive ketones (excluding diaryl/α,β-unsaturated/α-hetero) is 1. The number of benzene rings is 1. The van der Waals surface area contributed by atoms with Crippen LogP contribution in [0.15, 0.2) is 24.3 Å². The summed E-state index contributed by atoms with van der Waals surface area (Å²) in [5, 5.41) is 0. The summed E-state index contributed by atoms with van der Waals surface area (Å²) < 4.78 is 12.7. The first-order valence-corrected chi connectivity index (χ1v) is 5.78. The van der Waals surface area contributed by atoms with Crippen molar-refractivity contribution in [2.45, 2.75) is 37.9 Å². The van der Waals surface area contributed by atoms with Gasteiger partial charge in [0.05, 0.1) is 6.04 Å². The van der Waals surface area contributed by atoms with Crippen molar-refractivity contribution in [1.29, 1.82) is 0 Å². The van der Waals surface area contributed by atoms with Gasteiger partial charge >= 0.3 is 0 Å². The molecule has 84 valence electrons. The van der Waals surface area contributed by atoms with Crippen LogP contribution in [0.5, 0.6) is 0 Å². The maximum atomic E-state index is 12.7. The normalized spacial score (nSPS) is 32.3. The van der Waals surface area contributed by atoms with Gasteiger partial charge in [0.2, 0.25) is 0 Å². The molecule has 0 radical (unpaired) electrons. The number of carbonyl (C=O) groups is 1. The van der Waals surface area contributed by atoms with E-state index in [1.165, 1.54) is 12.1 Å². The van der Waals surface area contributed by atoms with E-state index in [1.807, 2.05) is 0 Å². The van der Waals surface area contributed by atoms with Crippen molar-refractivity contribution in [3.05, 3.63) is 35.6 Å². The van der Waals surface area contributed by atoms with Gasteiger partial charge in [-0.25, -0.2) is 4.39 Å². The molecule has 3 rings (SSSR count). The van der Waals surface area contributed by atoms with E-state index in [9.17, 15) is 9.18 Å². The fourth-order valence-corrected chi connectivity index (χ4v) is 2.70. The summed E-state index contributed by atoms with van der Waals surface area (Å²) in [6, 6.07) is 7.17. The van der Waals surface area contributed by atoms with E-state index < -0.39 is 0 Å². The third-order valence-corrected chi connectivity index (χ3v) is 3.59. The molecule has 16 heavy (non-hydrogen) atoms. The molecule has 0 N–H and O–H groups in total. The molecule has 0 bridgehead atoms. The molecule has 0 aromatic heterocycles. The van der Waals surface area contributed by atoms with Crippen LogP contribution < -0.4 is 0 Å². The number of ketones is 1. The minimum Gasteiger partial charge on any atom is -0.298 e. The predicted molar refractivity (Wildman–Crippen MR) is 58.4 cm³/mol. The van der Waals surface area contributed by atoms with Crippen LogP contribution in [0.25, 0.3) is 0 Å². The average molecular weight is 219 g/mol. The number of halogens is 1. The topological polar surface area (TPSA) is 20.1 Å². The SMILES string of the molecule is O=C1CCCC2C1N2Cc1ccc(F)cc1. The third-order valence-electron chi connectivity index (χ3n) is 3.59. The van der Waals surface area contributed by atoms with Crippen molar-refractivity contribution < 1.29 is 9.18 Å². The van der Waals surface area contributed by atoms with E-state index >= 15 is 0 Å².